The summed E-state index contributed by atoms with van der Waals surface area (Å²) in [7, 11) is 0. The molecule has 0 nitrogen and oxygen atoms in total. The van der Waals surface area contributed by atoms with Crippen LogP contribution in [0.15, 0.2) is 54.1 Å². The summed E-state index contributed by atoms with van der Waals surface area (Å²) in [5.41, 5.74) is 2.87. The smallest absolute Gasteiger partial charge is 0.00577 e. The number of allylic oxidation sites excluding steroid dienone is 4. The lowest BCUT2D eigenvalue weighted by molar-refractivity contribution is 0.882. The molecule has 0 aliphatic heterocycles. The molecule has 0 saturated carbocycles. The van der Waals surface area contributed by atoms with Gasteiger partial charge < -0.3 is 0 Å². The summed E-state index contributed by atoms with van der Waals surface area (Å²) in [4.78, 5) is 0. The average Bonchev–Trinajstić information content (AvgIpc) is 2.52. The Bertz CT molecular complexity index is 344. The van der Waals surface area contributed by atoms with Gasteiger partial charge in [-0.2, -0.15) is 0 Å². The molecule has 0 fully saturated rings. The standard InChI is InChI=1S/C14H16.2C2H6.3CH4/c1-12(13-8-4-2-5-9-13)14-10-6-3-7-11-14;2*1-2;;;/h2,4-6,8-12H,3,7H2,1H3;2*1-2H3;3*1H4. The number of benzene rings is 1. The third-order valence-corrected chi connectivity index (χ3v) is 2.82. The van der Waals surface area contributed by atoms with Crippen LogP contribution in [0.1, 0.15) is 81.2 Å². The van der Waals surface area contributed by atoms with E-state index in [1.54, 1.807) is 0 Å². The second kappa shape index (κ2) is 18.7. The molecule has 1 unspecified atom stereocenters. The Kier molecular flexibility index (Phi) is 24.9. The van der Waals surface area contributed by atoms with Crippen molar-refractivity contribution < 1.29 is 0 Å². The van der Waals surface area contributed by atoms with Crippen molar-refractivity contribution in [1.82, 2.24) is 0 Å². The summed E-state index contributed by atoms with van der Waals surface area (Å²) in [6.07, 6.45) is 9.29. The molecule has 0 amide bonds. The highest BCUT2D eigenvalue weighted by molar-refractivity contribution is 5.35. The van der Waals surface area contributed by atoms with Gasteiger partial charge in [-0.05, 0) is 24.0 Å². The maximum absolute atomic E-state index is 2.36. The van der Waals surface area contributed by atoms with Crippen LogP contribution in [-0.4, -0.2) is 0 Å². The van der Waals surface area contributed by atoms with E-state index < -0.39 is 0 Å². The van der Waals surface area contributed by atoms with E-state index in [9.17, 15) is 0 Å². The van der Waals surface area contributed by atoms with E-state index in [1.165, 1.54) is 24.0 Å². The van der Waals surface area contributed by atoms with Crippen molar-refractivity contribution in [2.24, 2.45) is 0 Å². The molecule has 0 aromatic heterocycles. The van der Waals surface area contributed by atoms with Crippen molar-refractivity contribution in [1.29, 1.82) is 0 Å². The largest absolute Gasteiger partial charge is 0.0839 e. The Morgan fingerprint density at radius 3 is 1.76 bits per heavy atom. The SMILES string of the molecule is C.C.C.CC.CC.CC(C1=CCCC=C1)c1ccccc1. The summed E-state index contributed by atoms with van der Waals surface area (Å²) in [6, 6.07) is 10.7. The number of hydrogen-bond acceptors (Lipinski definition) is 0. The zero-order valence-corrected chi connectivity index (χ0v) is 12.6. The van der Waals surface area contributed by atoms with E-state index in [0.717, 1.165) is 0 Å². The van der Waals surface area contributed by atoms with Gasteiger partial charge in [0.1, 0.15) is 0 Å². The van der Waals surface area contributed by atoms with Gasteiger partial charge in [-0.25, -0.2) is 0 Å². The third-order valence-electron chi connectivity index (χ3n) is 2.82. The molecular formula is C21H40. The van der Waals surface area contributed by atoms with Crippen molar-refractivity contribution >= 4 is 0 Å². The van der Waals surface area contributed by atoms with Crippen LogP contribution in [0, 0.1) is 0 Å². The third kappa shape index (κ3) is 10.1. The highest BCUT2D eigenvalue weighted by atomic mass is 14.1. The summed E-state index contributed by atoms with van der Waals surface area (Å²) >= 11 is 0. The first-order valence-electron chi connectivity index (χ1n) is 7.29. The Morgan fingerprint density at radius 2 is 1.33 bits per heavy atom. The molecule has 1 atom stereocenters. The lowest BCUT2D eigenvalue weighted by atomic mass is 9.90. The monoisotopic (exact) mass is 292 g/mol. The predicted molar refractivity (Wildman–Crippen MR) is 104 cm³/mol. The Balaban J connectivity index is -0.000000191. The fourth-order valence-electron chi connectivity index (χ4n) is 1.89. The van der Waals surface area contributed by atoms with Crippen molar-refractivity contribution in [2.75, 3.05) is 0 Å². The predicted octanol–water partition coefficient (Wildman–Crippen LogP) is 8.03. The Labute approximate surface area is 136 Å². The summed E-state index contributed by atoms with van der Waals surface area (Å²) in [5, 5.41) is 0. The van der Waals surface area contributed by atoms with Crippen LogP contribution < -0.4 is 0 Å². The first-order valence-corrected chi connectivity index (χ1v) is 7.29. The van der Waals surface area contributed by atoms with E-state index in [0.29, 0.717) is 5.92 Å². The summed E-state index contributed by atoms with van der Waals surface area (Å²) in [6.45, 7) is 10.3. The minimum atomic E-state index is 0. The molecule has 124 valence electrons. The van der Waals surface area contributed by atoms with Crippen molar-refractivity contribution in [3.63, 3.8) is 0 Å². The highest BCUT2D eigenvalue weighted by Gasteiger charge is 2.09. The van der Waals surface area contributed by atoms with Crippen molar-refractivity contribution in [3.8, 4) is 0 Å². The van der Waals surface area contributed by atoms with Crippen LogP contribution in [0.5, 0.6) is 0 Å². The summed E-state index contributed by atoms with van der Waals surface area (Å²) in [5.74, 6) is 0.535. The Hall–Kier alpha value is -1.30. The fourth-order valence-corrected chi connectivity index (χ4v) is 1.89. The minimum absolute atomic E-state index is 0. The molecule has 1 aliphatic carbocycles. The first-order chi connectivity index (χ1) is 8.88. The highest BCUT2D eigenvalue weighted by Crippen LogP contribution is 2.27. The molecule has 21 heavy (non-hydrogen) atoms. The average molecular weight is 293 g/mol. The van der Waals surface area contributed by atoms with Crippen LogP contribution >= 0.6 is 0 Å². The van der Waals surface area contributed by atoms with Crippen LogP contribution in [0.4, 0.5) is 0 Å². The number of rotatable bonds is 2. The van der Waals surface area contributed by atoms with Crippen LogP contribution in [-0.2, 0) is 0 Å². The van der Waals surface area contributed by atoms with Gasteiger partial charge in [0.2, 0.25) is 0 Å². The molecule has 2 rings (SSSR count). The van der Waals surface area contributed by atoms with Gasteiger partial charge in [-0.15, -0.1) is 0 Å². The molecule has 0 bridgehead atoms. The zero-order valence-electron chi connectivity index (χ0n) is 12.6. The van der Waals surface area contributed by atoms with Gasteiger partial charge in [-0.3, -0.25) is 0 Å². The maximum atomic E-state index is 2.36. The van der Waals surface area contributed by atoms with Crippen LogP contribution in [0.25, 0.3) is 0 Å². The van der Waals surface area contributed by atoms with E-state index in [4.69, 9.17) is 0 Å². The first kappa shape index (κ1) is 27.9. The lowest BCUT2D eigenvalue weighted by Crippen LogP contribution is -1.97. The zero-order chi connectivity index (χ0) is 13.8. The van der Waals surface area contributed by atoms with Gasteiger partial charge in [0.05, 0.1) is 0 Å². The van der Waals surface area contributed by atoms with Crippen LogP contribution in [0.2, 0.25) is 0 Å². The molecule has 1 aromatic rings. The van der Waals surface area contributed by atoms with Gasteiger partial charge in [0.25, 0.3) is 0 Å². The fraction of sp³-hybridized carbons (Fsp3) is 0.524. The van der Waals surface area contributed by atoms with E-state index in [2.05, 4.69) is 55.5 Å². The van der Waals surface area contributed by atoms with Gasteiger partial charge in [-0.1, -0.05) is 105 Å². The van der Waals surface area contributed by atoms with Gasteiger partial charge in [0, 0.05) is 5.92 Å². The van der Waals surface area contributed by atoms with Gasteiger partial charge in [0.15, 0.2) is 0 Å². The van der Waals surface area contributed by atoms with E-state index >= 15 is 0 Å². The maximum Gasteiger partial charge on any atom is 0.00577 e. The lowest BCUT2D eigenvalue weighted by Gasteiger charge is -2.15. The van der Waals surface area contributed by atoms with E-state index in [-0.39, 0.29) is 22.3 Å². The molecule has 0 N–H and O–H groups in total. The summed E-state index contributed by atoms with van der Waals surface area (Å²) < 4.78 is 0. The van der Waals surface area contributed by atoms with Crippen molar-refractivity contribution in [3.05, 3.63) is 59.7 Å². The van der Waals surface area contributed by atoms with Gasteiger partial charge >= 0.3 is 0 Å². The molecule has 0 radical (unpaired) electrons. The normalized spacial score (nSPS) is 12.3. The number of hydrogen-bond donors (Lipinski definition) is 0. The second-order valence-corrected chi connectivity index (χ2v) is 3.82. The minimum Gasteiger partial charge on any atom is -0.0839 e. The quantitative estimate of drug-likeness (QED) is 0.517. The van der Waals surface area contributed by atoms with Crippen LogP contribution in [0.3, 0.4) is 0 Å². The van der Waals surface area contributed by atoms with E-state index in [1.807, 2.05) is 27.7 Å². The molecule has 1 aliphatic rings. The molecule has 1 aromatic carbocycles. The Morgan fingerprint density at radius 1 is 0.810 bits per heavy atom. The van der Waals surface area contributed by atoms with Crippen molar-refractivity contribution in [2.45, 2.75) is 75.7 Å². The topological polar surface area (TPSA) is 0 Å². The molecule has 0 heteroatoms. The molecule has 0 heterocycles. The molecular weight excluding hydrogens is 252 g/mol. The molecule has 0 spiro atoms. The second-order valence-electron chi connectivity index (χ2n) is 3.82. The molecule has 0 saturated heterocycles.